The van der Waals surface area contributed by atoms with Gasteiger partial charge in [-0.05, 0) is 18.2 Å². The second kappa shape index (κ2) is 4.67. The van der Waals surface area contributed by atoms with E-state index in [0.29, 0.717) is 5.82 Å². The van der Waals surface area contributed by atoms with E-state index in [2.05, 4.69) is 24.9 Å². The number of rotatable bonds is 2. The van der Waals surface area contributed by atoms with Crippen molar-refractivity contribution in [2.24, 2.45) is 0 Å². The van der Waals surface area contributed by atoms with Crippen LogP contribution in [-0.2, 0) is 0 Å². The van der Waals surface area contributed by atoms with E-state index in [1.54, 1.807) is 31.0 Å². The lowest BCUT2D eigenvalue weighted by Crippen LogP contribution is -1.92. The average Bonchev–Trinajstić information content (AvgIpc) is 2.49. The molecule has 0 saturated heterocycles. The minimum atomic E-state index is 0.643. The first-order valence-corrected chi connectivity index (χ1v) is 5.42. The number of pyridine rings is 1. The Hall–Kier alpha value is -2.69. The van der Waals surface area contributed by atoms with Gasteiger partial charge in [0.2, 0.25) is 0 Å². The van der Waals surface area contributed by atoms with Crippen LogP contribution in [-0.4, -0.2) is 24.9 Å². The summed E-state index contributed by atoms with van der Waals surface area (Å²) in [6, 6.07) is 5.61. The van der Waals surface area contributed by atoms with E-state index in [1.165, 1.54) is 6.33 Å². The number of nitrogens with zero attached hydrogens (tertiary/aromatic N) is 5. The summed E-state index contributed by atoms with van der Waals surface area (Å²) in [4.78, 5) is 20.7. The summed E-state index contributed by atoms with van der Waals surface area (Å²) in [5, 5.41) is 0. The minimum absolute atomic E-state index is 0.643. The van der Waals surface area contributed by atoms with Gasteiger partial charge in [0.05, 0.1) is 5.69 Å². The molecule has 3 aromatic heterocycles. The van der Waals surface area contributed by atoms with Crippen LogP contribution < -0.4 is 0 Å². The maximum atomic E-state index is 4.48. The largest absolute Gasteiger partial charge is 0.264 e. The Morgan fingerprint density at radius 1 is 0.778 bits per heavy atom. The van der Waals surface area contributed by atoms with Crippen LogP contribution in [0.2, 0.25) is 0 Å². The summed E-state index contributed by atoms with van der Waals surface area (Å²) in [7, 11) is 0. The van der Waals surface area contributed by atoms with Crippen molar-refractivity contribution in [2.75, 3.05) is 0 Å². The monoisotopic (exact) mass is 235 g/mol. The Labute approximate surface area is 104 Å². The van der Waals surface area contributed by atoms with E-state index in [4.69, 9.17) is 0 Å². The Bertz CT molecular complexity index is 585. The highest BCUT2D eigenvalue weighted by Crippen LogP contribution is 2.18. The molecule has 0 spiro atoms. The summed E-state index contributed by atoms with van der Waals surface area (Å²) in [6.07, 6.45) is 10.1. The smallest absolute Gasteiger partial charge is 0.161 e. The van der Waals surface area contributed by atoms with Crippen molar-refractivity contribution in [3.05, 3.63) is 55.5 Å². The Balaban J connectivity index is 2.05. The fourth-order valence-corrected chi connectivity index (χ4v) is 1.58. The van der Waals surface area contributed by atoms with Crippen molar-refractivity contribution in [3.63, 3.8) is 0 Å². The third-order valence-electron chi connectivity index (χ3n) is 2.43. The van der Waals surface area contributed by atoms with E-state index in [-0.39, 0.29) is 0 Å². The molecule has 0 bridgehead atoms. The van der Waals surface area contributed by atoms with Crippen LogP contribution >= 0.6 is 0 Å². The SMILES string of the molecule is c1cncc(-c2nccc(-c3cncnc3)n2)c1. The molecule has 0 radical (unpaired) electrons. The highest BCUT2D eigenvalue weighted by atomic mass is 14.9. The molecule has 0 aliphatic carbocycles. The molecule has 3 rings (SSSR count). The summed E-state index contributed by atoms with van der Waals surface area (Å²) in [5.41, 5.74) is 2.55. The molecule has 0 atom stereocenters. The molecular weight excluding hydrogens is 226 g/mol. The van der Waals surface area contributed by atoms with Crippen LogP contribution in [0.5, 0.6) is 0 Å². The van der Waals surface area contributed by atoms with Gasteiger partial charge in [-0.2, -0.15) is 0 Å². The Morgan fingerprint density at radius 3 is 2.39 bits per heavy atom. The Morgan fingerprint density at radius 2 is 1.61 bits per heavy atom. The maximum absolute atomic E-state index is 4.48. The highest BCUT2D eigenvalue weighted by Gasteiger charge is 2.04. The van der Waals surface area contributed by atoms with Crippen LogP contribution in [0.3, 0.4) is 0 Å². The summed E-state index contributed by atoms with van der Waals surface area (Å²) < 4.78 is 0. The van der Waals surface area contributed by atoms with E-state index in [9.17, 15) is 0 Å². The topological polar surface area (TPSA) is 64.5 Å². The van der Waals surface area contributed by atoms with Crippen molar-refractivity contribution in [3.8, 4) is 22.6 Å². The van der Waals surface area contributed by atoms with Crippen LogP contribution in [0.4, 0.5) is 0 Å². The molecule has 0 saturated carbocycles. The summed E-state index contributed by atoms with van der Waals surface area (Å²) in [5.74, 6) is 0.643. The minimum Gasteiger partial charge on any atom is -0.264 e. The van der Waals surface area contributed by atoms with Crippen LogP contribution in [0.15, 0.2) is 55.5 Å². The standard InChI is InChI=1S/C13H9N5/c1-2-10(6-14-4-1)13-17-5-3-12(18-13)11-7-15-9-16-8-11/h1-9H. The zero-order valence-corrected chi connectivity index (χ0v) is 9.43. The maximum Gasteiger partial charge on any atom is 0.161 e. The molecule has 5 heteroatoms. The molecule has 0 aromatic carbocycles. The molecule has 0 aliphatic heterocycles. The first-order chi connectivity index (χ1) is 8.93. The van der Waals surface area contributed by atoms with Crippen molar-refractivity contribution >= 4 is 0 Å². The molecule has 0 unspecified atom stereocenters. The summed E-state index contributed by atoms with van der Waals surface area (Å²) >= 11 is 0. The lowest BCUT2D eigenvalue weighted by Gasteiger charge is -2.02. The zero-order chi connectivity index (χ0) is 12.2. The van der Waals surface area contributed by atoms with Gasteiger partial charge in [0.25, 0.3) is 0 Å². The van der Waals surface area contributed by atoms with Gasteiger partial charge >= 0.3 is 0 Å². The first-order valence-electron chi connectivity index (χ1n) is 5.42. The van der Waals surface area contributed by atoms with E-state index in [0.717, 1.165) is 16.8 Å². The second-order valence-corrected chi connectivity index (χ2v) is 3.63. The van der Waals surface area contributed by atoms with Gasteiger partial charge in [0, 0.05) is 42.1 Å². The molecule has 18 heavy (non-hydrogen) atoms. The Kier molecular flexibility index (Phi) is 2.71. The highest BCUT2D eigenvalue weighted by molar-refractivity contribution is 5.61. The van der Waals surface area contributed by atoms with E-state index >= 15 is 0 Å². The van der Waals surface area contributed by atoms with Crippen molar-refractivity contribution in [1.29, 1.82) is 0 Å². The predicted octanol–water partition coefficient (Wildman–Crippen LogP) is 2.00. The number of hydrogen-bond acceptors (Lipinski definition) is 5. The summed E-state index contributed by atoms with van der Waals surface area (Å²) in [6.45, 7) is 0. The van der Waals surface area contributed by atoms with Crippen molar-refractivity contribution < 1.29 is 0 Å². The van der Waals surface area contributed by atoms with Crippen LogP contribution in [0.1, 0.15) is 0 Å². The normalized spacial score (nSPS) is 10.2. The molecule has 0 fully saturated rings. The number of aromatic nitrogens is 5. The number of hydrogen-bond donors (Lipinski definition) is 0. The van der Waals surface area contributed by atoms with Crippen LogP contribution in [0.25, 0.3) is 22.6 Å². The lowest BCUT2D eigenvalue weighted by atomic mass is 10.2. The van der Waals surface area contributed by atoms with Crippen molar-refractivity contribution in [2.45, 2.75) is 0 Å². The fourth-order valence-electron chi connectivity index (χ4n) is 1.58. The first kappa shape index (κ1) is 10.5. The van der Waals surface area contributed by atoms with Crippen LogP contribution in [0, 0.1) is 0 Å². The van der Waals surface area contributed by atoms with Gasteiger partial charge < -0.3 is 0 Å². The van der Waals surface area contributed by atoms with Gasteiger partial charge in [-0.25, -0.2) is 19.9 Å². The average molecular weight is 235 g/mol. The molecule has 86 valence electrons. The quantitative estimate of drug-likeness (QED) is 0.679. The zero-order valence-electron chi connectivity index (χ0n) is 9.43. The van der Waals surface area contributed by atoms with E-state index < -0.39 is 0 Å². The fraction of sp³-hybridized carbons (Fsp3) is 0. The predicted molar refractivity (Wildman–Crippen MR) is 66.3 cm³/mol. The van der Waals surface area contributed by atoms with Gasteiger partial charge in [0.1, 0.15) is 6.33 Å². The molecular formula is C13H9N5. The second-order valence-electron chi connectivity index (χ2n) is 3.63. The lowest BCUT2D eigenvalue weighted by molar-refractivity contribution is 1.13. The van der Waals surface area contributed by atoms with Gasteiger partial charge in [-0.1, -0.05) is 0 Å². The van der Waals surface area contributed by atoms with E-state index in [1.807, 2.05) is 18.2 Å². The molecule has 3 heterocycles. The van der Waals surface area contributed by atoms with Gasteiger partial charge in [-0.15, -0.1) is 0 Å². The van der Waals surface area contributed by atoms with Gasteiger partial charge in [-0.3, -0.25) is 4.98 Å². The molecule has 3 aromatic rings. The molecule has 0 N–H and O–H groups in total. The molecule has 0 aliphatic rings. The van der Waals surface area contributed by atoms with Crippen molar-refractivity contribution in [1.82, 2.24) is 24.9 Å². The van der Waals surface area contributed by atoms with Gasteiger partial charge in [0.15, 0.2) is 5.82 Å². The molecule has 5 nitrogen and oxygen atoms in total. The third-order valence-corrected chi connectivity index (χ3v) is 2.43. The third kappa shape index (κ3) is 2.06. The molecule has 0 amide bonds.